The molecule has 0 fully saturated rings. The van der Waals surface area contributed by atoms with Crippen LogP contribution in [0.15, 0.2) is 47.6 Å². The van der Waals surface area contributed by atoms with Crippen molar-refractivity contribution in [1.82, 2.24) is 9.71 Å². The standard InChI is InChI=1S/C19H24N2O6S/c1-13(11-14-8-9-15(25-2)12-16(14)26-3)18(19(22)27-4)21-28(23,24)17-7-5-6-10-20-17/h5-10,12-13,18,21H,11H2,1-4H3/t13-,18-/m0/s1. The van der Waals surface area contributed by atoms with Crippen LogP contribution in [0.3, 0.4) is 0 Å². The second-order valence-corrected chi connectivity index (χ2v) is 7.81. The van der Waals surface area contributed by atoms with Gasteiger partial charge in [0.25, 0.3) is 10.0 Å². The molecule has 0 aliphatic carbocycles. The van der Waals surface area contributed by atoms with Gasteiger partial charge in [-0.1, -0.05) is 19.1 Å². The third kappa shape index (κ3) is 5.20. The van der Waals surface area contributed by atoms with Crippen molar-refractivity contribution >= 4 is 16.0 Å². The minimum absolute atomic E-state index is 0.168. The minimum Gasteiger partial charge on any atom is -0.497 e. The average Bonchev–Trinajstić information content (AvgIpc) is 2.72. The van der Waals surface area contributed by atoms with Gasteiger partial charge in [-0.2, -0.15) is 4.72 Å². The van der Waals surface area contributed by atoms with Gasteiger partial charge in [-0.15, -0.1) is 0 Å². The lowest BCUT2D eigenvalue weighted by atomic mass is 9.94. The van der Waals surface area contributed by atoms with Crippen LogP contribution in [0, 0.1) is 5.92 Å². The maximum Gasteiger partial charge on any atom is 0.324 e. The Labute approximate surface area is 164 Å². The van der Waals surface area contributed by atoms with Gasteiger partial charge in [-0.25, -0.2) is 13.4 Å². The summed E-state index contributed by atoms with van der Waals surface area (Å²) in [4.78, 5) is 16.1. The van der Waals surface area contributed by atoms with Crippen LogP contribution in [0.25, 0.3) is 0 Å². The zero-order chi connectivity index (χ0) is 20.7. The Hall–Kier alpha value is -2.65. The van der Waals surface area contributed by atoms with E-state index in [-0.39, 0.29) is 5.03 Å². The van der Waals surface area contributed by atoms with Gasteiger partial charge in [0.15, 0.2) is 5.03 Å². The number of carbonyl (C=O) groups is 1. The van der Waals surface area contributed by atoms with Gasteiger partial charge in [-0.3, -0.25) is 4.79 Å². The maximum absolute atomic E-state index is 12.6. The Morgan fingerprint density at radius 3 is 2.46 bits per heavy atom. The SMILES string of the molecule is COC(=O)[C@@H](NS(=O)(=O)c1ccccn1)[C@@H](C)Cc1ccc(OC)cc1OC. The summed E-state index contributed by atoms with van der Waals surface area (Å²) in [5.41, 5.74) is 0.807. The number of carbonyl (C=O) groups excluding carboxylic acids is 1. The first-order valence-electron chi connectivity index (χ1n) is 8.54. The number of aromatic nitrogens is 1. The summed E-state index contributed by atoms with van der Waals surface area (Å²) in [6, 6.07) is 8.74. The second-order valence-electron chi connectivity index (χ2n) is 6.15. The summed E-state index contributed by atoms with van der Waals surface area (Å²) in [6.45, 7) is 1.76. The molecule has 2 rings (SSSR count). The van der Waals surface area contributed by atoms with Gasteiger partial charge >= 0.3 is 5.97 Å². The molecular weight excluding hydrogens is 384 g/mol. The first kappa shape index (κ1) is 21.6. The van der Waals surface area contributed by atoms with E-state index in [1.54, 1.807) is 38.3 Å². The zero-order valence-electron chi connectivity index (χ0n) is 16.2. The van der Waals surface area contributed by atoms with E-state index < -0.39 is 28.0 Å². The fraction of sp³-hybridized carbons (Fsp3) is 0.368. The van der Waals surface area contributed by atoms with E-state index in [4.69, 9.17) is 14.2 Å². The zero-order valence-corrected chi connectivity index (χ0v) is 17.0. The molecule has 2 atom stereocenters. The summed E-state index contributed by atoms with van der Waals surface area (Å²) >= 11 is 0. The van der Waals surface area contributed by atoms with Crippen molar-refractivity contribution in [1.29, 1.82) is 0 Å². The smallest absolute Gasteiger partial charge is 0.324 e. The van der Waals surface area contributed by atoms with Gasteiger partial charge < -0.3 is 14.2 Å². The van der Waals surface area contributed by atoms with Crippen molar-refractivity contribution in [3.8, 4) is 11.5 Å². The molecule has 0 amide bonds. The molecule has 28 heavy (non-hydrogen) atoms. The molecule has 9 heteroatoms. The van der Waals surface area contributed by atoms with Gasteiger partial charge in [0.2, 0.25) is 0 Å². The molecular formula is C19H24N2O6S. The van der Waals surface area contributed by atoms with Crippen LogP contribution in [0.2, 0.25) is 0 Å². The Morgan fingerprint density at radius 1 is 1.14 bits per heavy atom. The third-order valence-corrected chi connectivity index (χ3v) is 5.61. The average molecular weight is 408 g/mol. The van der Waals surface area contributed by atoms with Crippen LogP contribution in [0.5, 0.6) is 11.5 Å². The van der Waals surface area contributed by atoms with Crippen molar-refractivity contribution in [2.45, 2.75) is 24.4 Å². The molecule has 0 aliphatic heterocycles. The summed E-state index contributed by atoms with van der Waals surface area (Å²) in [5.74, 6) is 0.115. The number of esters is 1. The minimum atomic E-state index is -3.99. The molecule has 152 valence electrons. The first-order valence-corrected chi connectivity index (χ1v) is 10.0. The quantitative estimate of drug-likeness (QED) is 0.631. The monoisotopic (exact) mass is 408 g/mol. The number of hydrogen-bond acceptors (Lipinski definition) is 7. The molecule has 0 radical (unpaired) electrons. The molecule has 1 aromatic heterocycles. The lowest BCUT2D eigenvalue weighted by Gasteiger charge is -2.23. The first-order chi connectivity index (χ1) is 13.3. The van der Waals surface area contributed by atoms with E-state index in [0.29, 0.717) is 17.9 Å². The number of rotatable bonds is 9. The van der Waals surface area contributed by atoms with E-state index in [1.807, 2.05) is 6.07 Å². The van der Waals surface area contributed by atoms with Crippen LogP contribution >= 0.6 is 0 Å². The number of pyridine rings is 1. The van der Waals surface area contributed by atoms with Gasteiger partial charge in [0.1, 0.15) is 17.5 Å². The van der Waals surface area contributed by atoms with E-state index in [1.165, 1.54) is 26.5 Å². The number of methoxy groups -OCH3 is 3. The van der Waals surface area contributed by atoms with Crippen LogP contribution in [-0.2, 0) is 26.0 Å². The number of nitrogens with zero attached hydrogens (tertiary/aromatic N) is 1. The Balaban J connectivity index is 2.27. The highest BCUT2D eigenvalue weighted by Crippen LogP contribution is 2.28. The number of benzene rings is 1. The van der Waals surface area contributed by atoms with E-state index in [9.17, 15) is 13.2 Å². The van der Waals surface area contributed by atoms with Crippen LogP contribution in [0.4, 0.5) is 0 Å². The van der Waals surface area contributed by atoms with E-state index in [0.717, 1.165) is 5.56 Å². The largest absolute Gasteiger partial charge is 0.497 e. The predicted octanol–water partition coefficient (Wildman–Crippen LogP) is 1.80. The molecule has 1 aromatic carbocycles. The summed E-state index contributed by atoms with van der Waals surface area (Å²) in [7, 11) is 0.307. The van der Waals surface area contributed by atoms with E-state index >= 15 is 0 Å². The van der Waals surface area contributed by atoms with Crippen molar-refractivity contribution in [3.05, 3.63) is 48.2 Å². The maximum atomic E-state index is 12.6. The number of nitrogens with one attached hydrogen (secondary N) is 1. The van der Waals surface area contributed by atoms with Crippen LogP contribution < -0.4 is 14.2 Å². The topological polar surface area (TPSA) is 104 Å². The van der Waals surface area contributed by atoms with Gasteiger partial charge in [-0.05, 0) is 36.1 Å². The lowest BCUT2D eigenvalue weighted by Crippen LogP contribution is -2.46. The number of hydrogen-bond donors (Lipinski definition) is 1. The highest BCUT2D eigenvalue weighted by atomic mass is 32.2. The molecule has 0 aliphatic rings. The highest BCUT2D eigenvalue weighted by Gasteiger charge is 2.32. The predicted molar refractivity (Wildman–Crippen MR) is 103 cm³/mol. The van der Waals surface area contributed by atoms with Crippen molar-refractivity contribution in [3.63, 3.8) is 0 Å². The Bertz CT molecular complexity index is 902. The summed E-state index contributed by atoms with van der Waals surface area (Å²) in [6.07, 6.45) is 1.74. The molecule has 0 unspecified atom stereocenters. The second kappa shape index (κ2) is 9.52. The van der Waals surface area contributed by atoms with Crippen molar-refractivity contribution < 1.29 is 27.4 Å². The van der Waals surface area contributed by atoms with Crippen LogP contribution in [-0.4, -0.2) is 46.7 Å². The third-order valence-electron chi connectivity index (χ3n) is 4.26. The summed E-state index contributed by atoms with van der Waals surface area (Å²) in [5, 5.41) is -0.168. The summed E-state index contributed by atoms with van der Waals surface area (Å²) < 4.78 is 43.0. The Kier molecular flexibility index (Phi) is 7.36. The molecule has 0 saturated carbocycles. The molecule has 2 aromatic rings. The van der Waals surface area contributed by atoms with Crippen molar-refractivity contribution in [2.75, 3.05) is 21.3 Å². The highest BCUT2D eigenvalue weighted by molar-refractivity contribution is 7.89. The molecule has 0 bridgehead atoms. The molecule has 1 N–H and O–H groups in total. The number of sulfonamides is 1. The van der Waals surface area contributed by atoms with Crippen molar-refractivity contribution in [2.24, 2.45) is 5.92 Å². The Morgan fingerprint density at radius 2 is 1.89 bits per heavy atom. The molecule has 1 heterocycles. The molecule has 0 saturated heterocycles. The van der Waals surface area contributed by atoms with Gasteiger partial charge in [0, 0.05) is 12.3 Å². The van der Waals surface area contributed by atoms with Gasteiger partial charge in [0.05, 0.1) is 21.3 Å². The fourth-order valence-electron chi connectivity index (χ4n) is 2.74. The lowest BCUT2D eigenvalue weighted by molar-refractivity contribution is -0.143. The number of ether oxygens (including phenoxy) is 3. The van der Waals surface area contributed by atoms with Crippen LogP contribution in [0.1, 0.15) is 12.5 Å². The normalized spacial score (nSPS) is 13.4. The van der Waals surface area contributed by atoms with E-state index in [2.05, 4.69) is 9.71 Å². The molecule has 8 nitrogen and oxygen atoms in total. The molecule has 0 spiro atoms. The fourth-order valence-corrected chi connectivity index (χ4v) is 3.98.